The molecule has 0 N–H and O–H groups in total. The van der Waals surface area contributed by atoms with Crippen LogP contribution in [0.1, 0.15) is 16.4 Å². The molecule has 3 aromatic heterocycles. The highest BCUT2D eigenvalue weighted by Gasteiger charge is 2.21. The van der Waals surface area contributed by atoms with Gasteiger partial charge in [0.1, 0.15) is 22.3 Å². The van der Waals surface area contributed by atoms with Crippen LogP contribution in [0.5, 0.6) is 0 Å². The minimum absolute atomic E-state index is 0.0243. The lowest BCUT2D eigenvalue weighted by atomic mass is 9.95. The minimum atomic E-state index is -0.679. The topological polar surface area (TPSA) is 65.0 Å². The van der Waals surface area contributed by atoms with E-state index in [0.717, 1.165) is 5.39 Å². The molecule has 6 aromatic carbocycles. The van der Waals surface area contributed by atoms with Gasteiger partial charge in [-0.3, -0.25) is 0 Å². The zero-order valence-corrected chi connectivity index (χ0v) is 22.5. The fraction of sp³-hybridized carbons (Fsp3) is 0. The van der Waals surface area contributed by atoms with Crippen LogP contribution in [0.15, 0.2) is 148 Å². The summed E-state index contributed by atoms with van der Waals surface area (Å²) in [5, 5.41) is 2.22. The first kappa shape index (κ1) is 15.4. The molecule has 0 aliphatic rings. The molecule has 0 amide bonds. The van der Waals surface area contributed by atoms with Gasteiger partial charge in [0.25, 0.3) is 0 Å². The van der Waals surface area contributed by atoms with Gasteiger partial charge < -0.3 is 8.83 Å². The standard InChI is InChI=1S/C39H23N3O2/c1-3-12-24(13-4-1)37-40-38(25-14-5-2-6-15-25)42-39(41-37)30-22-26(23-34-36(30)29-17-8-10-20-32(29)44-34)27-18-11-21-33-35(27)28-16-7-9-19-31(28)43-33/h1-23H/i1D,2D,3D,4D,5D,6D,8D,12D,13D,14D,15D,22D. The summed E-state index contributed by atoms with van der Waals surface area (Å²) in [6, 6.07) is 12.6. The van der Waals surface area contributed by atoms with Gasteiger partial charge in [0.2, 0.25) is 0 Å². The number of fused-ring (bicyclic) bond motifs is 6. The Morgan fingerprint density at radius 3 is 1.80 bits per heavy atom. The van der Waals surface area contributed by atoms with Crippen molar-refractivity contribution >= 4 is 43.9 Å². The van der Waals surface area contributed by atoms with Crippen molar-refractivity contribution in [2.24, 2.45) is 0 Å². The van der Waals surface area contributed by atoms with Crippen molar-refractivity contribution in [2.75, 3.05) is 0 Å². The zero-order valence-electron chi connectivity index (χ0n) is 34.5. The highest BCUT2D eigenvalue weighted by atomic mass is 16.3. The Labute approximate surface area is 268 Å². The van der Waals surface area contributed by atoms with Gasteiger partial charge in [-0.25, -0.2) is 15.0 Å². The van der Waals surface area contributed by atoms with Gasteiger partial charge in [-0.05, 0) is 41.4 Å². The number of para-hydroxylation sites is 2. The first-order valence-corrected chi connectivity index (χ1v) is 13.5. The van der Waals surface area contributed by atoms with Crippen LogP contribution in [0.25, 0.3) is 89.2 Å². The molecule has 0 saturated heterocycles. The molecule has 0 saturated carbocycles. The second-order valence-corrected chi connectivity index (χ2v) is 9.90. The van der Waals surface area contributed by atoms with Crippen LogP contribution >= 0.6 is 0 Å². The van der Waals surface area contributed by atoms with E-state index in [-0.39, 0.29) is 29.1 Å². The van der Waals surface area contributed by atoms with Crippen molar-refractivity contribution < 1.29 is 25.3 Å². The van der Waals surface area contributed by atoms with Crippen molar-refractivity contribution in [3.8, 4) is 45.3 Å². The first-order valence-electron chi connectivity index (χ1n) is 19.5. The van der Waals surface area contributed by atoms with Crippen LogP contribution in [0.4, 0.5) is 0 Å². The number of aromatic nitrogens is 3. The van der Waals surface area contributed by atoms with Crippen LogP contribution in [0, 0.1) is 0 Å². The lowest BCUT2D eigenvalue weighted by Crippen LogP contribution is -2.00. The van der Waals surface area contributed by atoms with Crippen LogP contribution in [0.3, 0.4) is 0 Å². The van der Waals surface area contributed by atoms with E-state index in [1.165, 1.54) is 0 Å². The quantitative estimate of drug-likeness (QED) is 0.208. The summed E-state index contributed by atoms with van der Waals surface area (Å²) in [5.74, 6) is -1.23. The Morgan fingerprint density at radius 2 is 1.05 bits per heavy atom. The molecule has 0 aliphatic heterocycles. The average Bonchev–Trinajstić information content (AvgIpc) is 3.75. The third-order valence-corrected chi connectivity index (χ3v) is 7.34. The van der Waals surface area contributed by atoms with Crippen molar-refractivity contribution in [2.45, 2.75) is 0 Å². The van der Waals surface area contributed by atoms with Crippen LogP contribution < -0.4 is 0 Å². The van der Waals surface area contributed by atoms with E-state index >= 15 is 0 Å². The molecule has 9 aromatic rings. The van der Waals surface area contributed by atoms with Gasteiger partial charge in [-0.2, -0.15) is 0 Å². The minimum Gasteiger partial charge on any atom is -0.456 e. The molecule has 206 valence electrons. The maximum absolute atomic E-state index is 9.88. The molecule has 3 heterocycles. The van der Waals surface area contributed by atoms with Gasteiger partial charge in [0.05, 0.1) is 16.4 Å². The molecule has 5 heteroatoms. The molecule has 0 spiro atoms. The van der Waals surface area contributed by atoms with Gasteiger partial charge >= 0.3 is 0 Å². The van der Waals surface area contributed by atoms with E-state index in [1.807, 2.05) is 36.4 Å². The van der Waals surface area contributed by atoms with E-state index in [0.29, 0.717) is 44.0 Å². The molecular weight excluding hydrogens is 542 g/mol. The SMILES string of the molecule is [2H]c1ccc2oc3cc(-c4cccc5oc6ccccc6c45)c([2H])c(-c4nc(-c5c([2H])c([2H])c([2H])c([2H])c5[2H])nc(-c5c([2H])c([2H])c([2H])c([2H])c5[2H])n4)c3c2c1. The van der Waals surface area contributed by atoms with Gasteiger partial charge in [-0.15, -0.1) is 0 Å². The Balaban J connectivity index is 1.46. The summed E-state index contributed by atoms with van der Waals surface area (Å²) >= 11 is 0. The predicted molar refractivity (Wildman–Crippen MR) is 176 cm³/mol. The van der Waals surface area contributed by atoms with E-state index < -0.39 is 83.2 Å². The third-order valence-electron chi connectivity index (χ3n) is 7.34. The van der Waals surface area contributed by atoms with Crippen LogP contribution in [-0.4, -0.2) is 15.0 Å². The summed E-state index contributed by atoms with van der Waals surface area (Å²) in [7, 11) is 0. The summed E-state index contributed by atoms with van der Waals surface area (Å²) in [6.07, 6.45) is 0. The van der Waals surface area contributed by atoms with E-state index in [1.54, 1.807) is 30.3 Å². The van der Waals surface area contributed by atoms with Gasteiger partial charge in [0, 0.05) is 38.2 Å². The van der Waals surface area contributed by atoms with Crippen LogP contribution in [-0.2, 0) is 0 Å². The normalized spacial score (nSPS) is 15.5. The van der Waals surface area contributed by atoms with Crippen LogP contribution in [0.2, 0.25) is 0 Å². The Kier molecular flexibility index (Phi) is 3.42. The molecule has 0 fully saturated rings. The Hall–Kier alpha value is -6.07. The van der Waals surface area contributed by atoms with Gasteiger partial charge in [-0.1, -0.05) is 109 Å². The predicted octanol–water partition coefficient (Wildman–Crippen LogP) is 10.3. The van der Waals surface area contributed by atoms with Gasteiger partial charge in [0.15, 0.2) is 17.5 Å². The molecule has 9 rings (SSSR count). The maximum Gasteiger partial charge on any atom is 0.164 e. The second kappa shape index (κ2) is 9.75. The monoisotopic (exact) mass is 577 g/mol. The Morgan fingerprint density at radius 1 is 0.455 bits per heavy atom. The zero-order chi connectivity index (χ0) is 39.5. The van der Waals surface area contributed by atoms with Crippen molar-refractivity contribution in [1.29, 1.82) is 0 Å². The van der Waals surface area contributed by atoms with E-state index in [4.69, 9.17) is 23.9 Å². The maximum atomic E-state index is 9.88. The summed E-state index contributed by atoms with van der Waals surface area (Å²) in [5.41, 5.74) is 1.91. The molecule has 0 radical (unpaired) electrons. The van der Waals surface area contributed by atoms with Crippen molar-refractivity contribution in [3.05, 3.63) is 139 Å². The summed E-state index contributed by atoms with van der Waals surface area (Å²) in [6.45, 7) is 0. The number of benzene rings is 6. The Bertz CT molecular complexity index is 3050. The molecule has 0 atom stereocenters. The number of hydrogen-bond donors (Lipinski definition) is 0. The fourth-order valence-electron chi connectivity index (χ4n) is 5.47. The smallest absolute Gasteiger partial charge is 0.164 e. The lowest BCUT2D eigenvalue weighted by molar-refractivity contribution is 0.668. The lowest BCUT2D eigenvalue weighted by Gasteiger charge is -2.11. The van der Waals surface area contributed by atoms with Crippen molar-refractivity contribution in [1.82, 2.24) is 15.0 Å². The molecule has 0 unspecified atom stereocenters. The average molecular weight is 578 g/mol. The molecular formula is C39H23N3O2. The number of hydrogen-bond acceptors (Lipinski definition) is 5. The van der Waals surface area contributed by atoms with Crippen molar-refractivity contribution in [3.63, 3.8) is 0 Å². The third kappa shape index (κ3) is 3.91. The number of nitrogens with zero attached hydrogens (tertiary/aromatic N) is 3. The highest BCUT2D eigenvalue weighted by Crippen LogP contribution is 2.42. The fourth-order valence-corrected chi connectivity index (χ4v) is 5.47. The van der Waals surface area contributed by atoms with E-state index in [9.17, 15) is 1.37 Å². The molecule has 0 aliphatic carbocycles. The second-order valence-electron chi connectivity index (χ2n) is 9.90. The molecule has 44 heavy (non-hydrogen) atoms. The summed E-state index contributed by atoms with van der Waals surface area (Å²) < 4.78 is 116. The first-order chi connectivity index (χ1) is 26.8. The molecule has 5 nitrogen and oxygen atoms in total. The van der Waals surface area contributed by atoms with E-state index in [2.05, 4.69) is 15.0 Å². The highest BCUT2D eigenvalue weighted by molar-refractivity contribution is 6.16. The number of furan rings is 2. The summed E-state index contributed by atoms with van der Waals surface area (Å²) in [4.78, 5) is 13.7. The molecule has 0 bridgehead atoms. The largest absolute Gasteiger partial charge is 0.456 e. The number of rotatable bonds is 4.